The van der Waals surface area contributed by atoms with E-state index in [-0.39, 0.29) is 12.0 Å². The van der Waals surface area contributed by atoms with Crippen LogP contribution < -0.4 is 5.32 Å². The van der Waals surface area contributed by atoms with E-state index in [1.807, 2.05) is 6.07 Å². The fraction of sp³-hybridized carbons (Fsp3) is 0.545. The zero-order valence-corrected chi connectivity index (χ0v) is 9.30. The summed E-state index contributed by atoms with van der Waals surface area (Å²) in [5.41, 5.74) is 1.21. The van der Waals surface area contributed by atoms with E-state index >= 15 is 0 Å². The molecule has 1 heterocycles. The van der Waals surface area contributed by atoms with Gasteiger partial charge in [0.15, 0.2) is 0 Å². The summed E-state index contributed by atoms with van der Waals surface area (Å²) >= 11 is 5.97. The van der Waals surface area contributed by atoms with Gasteiger partial charge in [-0.3, -0.25) is 4.98 Å². The van der Waals surface area contributed by atoms with Crippen LogP contribution in [0.15, 0.2) is 18.5 Å². The highest BCUT2D eigenvalue weighted by atomic mass is 35.5. The number of hydrogen-bond donors (Lipinski definition) is 2. The first kappa shape index (κ1) is 10.9. The molecular formula is C11H15ClN2O. The van der Waals surface area contributed by atoms with Crippen LogP contribution in [-0.2, 0) is 6.54 Å². The number of hydrogen-bond acceptors (Lipinski definition) is 3. The lowest BCUT2D eigenvalue weighted by atomic mass is 10.1. The van der Waals surface area contributed by atoms with Crippen molar-refractivity contribution < 1.29 is 5.11 Å². The Morgan fingerprint density at radius 1 is 1.53 bits per heavy atom. The van der Waals surface area contributed by atoms with Crippen LogP contribution in [0.2, 0.25) is 5.02 Å². The standard InChI is InChI=1S/C11H15ClN2O/c12-10-6-13-4-1-9(10)5-14-7-11(8-15)2-3-11/h1,4,6,14-15H,2-3,5,7-8H2. The summed E-state index contributed by atoms with van der Waals surface area (Å²) in [6, 6.07) is 1.91. The van der Waals surface area contributed by atoms with Crippen molar-refractivity contribution in [2.45, 2.75) is 19.4 Å². The quantitative estimate of drug-likeness (QED) is 0.802. The predicted molar refractivity (Wildman–Crippen MR) is 59.7 cm³/mol. The van der Waals surface area contributed by atoms with Crippen molar-refractivity contribution in [3.05, 3.63) is 29.0 Å². The van der Waals surface area contributed by atoms with Gasteiger partial charge in [0.2, 0.25) is 0 Å². The van der Waals surface area contributed by atoms with Gasteiger partial charge in [0.05, 0.1) is 5.02 Å². The second kappa shape index (κ2) is 4.47. The first-order valence-corrected chi connectivity index (χ1v) is 5.54. The molecule has 1 aliphatic carbocycles. The Bertz CT molecular complexity index is 339. The van der Waals surface area contributed by atoms with Crippen molar-refractivity contribution in [1.29, 1.82) is 0 Å². The maximum Gasteiger partial charge on any atom is 0.0634 e. The number of aliphatic hydroxyl groups is 1. The van der Waals surface area contributed by atoms with Crippen molar-refractivity contribution in [2.24, 2.45) is 5.41 Å². The summed E-state index contributed by atoms with van der Waals surface area (Å²) in [6.45, 7) is 1.88. The average molecular weight is 227 g/mol. The monoisotopic (exact) mass is 226 g/mol. The second-order valence-electron chi connectivity index (χ2n) is 4.23. The van der Waals surface area contributed by atoms with Crippen LogP contribution in [0.1, 0.15) is 18.4 Å². The number of rotatable bonds is 5. The highest BCUT2D eigenvalue weighted by Crippen LogP contribution is 2.44. The van der Waals surface area contributed by atoms with Gasteiger partial charge in [-0.2, -0.15) is 0 Å². The average Bonchev–Trinajstić information content (AvgIpc) is 3.02. The molecule has 1 aromatic heterocycles. The van der Waals surface area contributed by atoms with Crippen molar-refractivity contribution in [2.75, 3.05) is 13.2 Å². The maximum absolute atomic E-state index is 9.13. The molecule has 1 aliphatic rings. The predicted octanol–water partition coefficient (Wildman–Crippen LogP) is 1.60. The molecule has 82 valence electrons. The normalized spacial score (nSPS) is 17.7. The molecular weight excluding hydrogens is 212 g/mol. The summed E-state index contributed by atoms with van der Waals surface area (Å²) in [7, 11) is 0. The Labute approximate surface area is 94.5 Å². The van der Waals surface area contributed by atoms with Gasteiger partial charge in [-0.25, -0.2) is 0 Å². The molecule has 1 fully saturated rings. The Balaban J connectivity index is 1.81. The number of halogens is 1. The van der Waals surface area contributed by atoms with Crippen LogP contribution in [-0.4, -0.2) is 23.2 Å². The van der Waals surface area contributed by atoms with Crippen LogP contribution in [0.4, 0.5) is 0 Å². The minimum atomic E-state index is 0.152. The lowest BCUT2D eigenvalue weighted by Crippen LogP contribution is -2.26. The van der Waals surface area contributed by atoms with E-state index in [1.165, 1.54) is 0 Å². The highest BCUT2D eigenvalue weighted by molar-refractivity contribution is 6.31. The molecule has 1 aromatic rings. The van der Waals surface area contributed by atoms with Crippen LogP contribution in [0.5, 0.6) is 0 Å². The molecule has 0 radical (unpaired) electrons. The number of nitrogens with zero attached hydrogens (tertiary/aromatic N) is 1. The third-order valence-corrected chi connectivity index (χ3v) is 3.30. The SMILES string of the molecule is OCC1(CNCc2ccncc2Cl)CC1. The van der Waals surface area contributed by atoms with Crippen molar-refractivity contribution in [3.8, 4) is 0 Å². The van der Waals surface area contributed by atoms with Gasteiger partial charge in [0.25, 0.3) is 0 Å². The molecule has 0 aromatic carbocycles. The van der Waals surface area contributed by atoms with Crippen molar-refractivity contribution in [3.63, 3.8) is 0 Å². The number of pyridine rings is 1. The summed E-state index contributed by atoms with van der Waals surface area (Å²) in [4.78, 5) is 3.93. The van der Waals surface area contributed by atoms with Crippen molar-refractivity contribution in [1.82, 2.24) is 10.3 Å². The molecule has 3 nitrogen and oxygen atoms in total. The molecule has 15 heavy (non-hydrogen) atoms. The Morgan fingerprint density at radius 2 is 2.33 bits per heavy atom. The first-order valence-electron chi connectivity index (χ1n) is 5.16. The maximum atomic E-state index is 9.13. The molecule has 2 N–H and O–H groups in total. The molecule has 0 unspecified atom stereocenters. The van der Waals surface area contributed by atoms with Gasteiger partial charge < -0.3 is 10.4 Å². The van der Waals surface area contributed by atoms with Gasteiger partial charge >= 0.3 is 0 Å². The minimum Gasteiger partial charge on any atom is -0.396 e. The fourth-order valence-electron chi connectivity index (χ4n) is 1.58. The molecule has 0 bridgehead atoms. The Kier molecular flexibility index (Phi) is 3.24. The molecule has 0 saturated heterocycles. The van der Waals surface area contributed by atoms with E-state index < -0.39 is 0 Å². The van der Waals surface area contributed by atoms with Gasteiger partial charge in [-0.1, -0.05) is 11.6 Å². The van der Waals surface area contributed by atoms with Crippen LogP contribution >= 0.6 is 11.6 Å². The van der Waals surface area contributed by atoms with Crippen LogP contribution in [0, 0.1) is 5.41 Å². The van der Waals surface area contributed by atoms with Gasteiger partial charge in [0.1, 0.15) is 0 Å². The van der Waals surface area contributed by atoms with Crippen molar-refractivity contribution >= 4 is 11.6 Å². The largest absolute Gasteiger partial charge is 0.396 e. The minimum absolute atomic E-state index is 0.152. The summed E-state index contributed by atoms with van der Waals surface area (Å²) in [6.07, 6.45) is 5.64. The number of aromatic nitrogens is 1. The first-order chi connectivity index (χ1) is 7.26. The van der Waals surface area contributed by atoms with Gasteiger partial charge in [-0.05, 0) is 24.5 Å². The zero-order chi connectivity index (χ0) is 10.7. The van der Waals surface area contributed by atoms with Gasteiger partial charge in [-0.15, -0.1) is 0 Å². The molecule has 2 rings (SSSR count). The van der Waals surface area contributed by atoms with Crippen LogP contribution in [0.25, 0.3) is 0 Å². The molecule has 0 spiro atoms. The lowest BCUT2D eigenvalue weighted by molar-refractivity contribution is 0.207. The molecule has 0 aliphatic heterocycles. The van der Waals surface area contributed by atoms with Crippen LogP contribution in [0.3, 0.4) is 0 Å². The molecule has 1 saturated carbocycles. The third kappa shape index (κ3) is 2.68. The smallest absolute Gasteiger partial charge is 0.0634 e. The zero-order valence-electron chi connectivity index (χ0n) is 8.54. The summed E-state index contributed by atoms with van der Waals surface area (Å²) in [5.74, 6) is 0. The Morgan fingerprint density at radius 3 is 2.93 bits per heavy atom. The van der Waals surface area contributed by atoms with E-state index in [4.69, 9.17) is 16.7 Å². The summed E-state index contributed by atoms with van der Waals surface area (Å²) < 4.78 is 0. The Hall–Kier alpha value is -0.640. The van der Waals surface area contributed by atoms with E-state index in [0.29, 0.717) is 5.02 Å². The fourth-order valence-corrected chi connectivity index (χ4v) is 1.76. The summed E-state index contributed by atoms with van der Waals surface area (Å²) in [5, 5.41) is 13.1. The van der Waals surface area contributed by atoms with E-state index in [9.17, 15) is 0 Å². The molecule has 0 atom stereocenters. The van der Waals surface area contributed by atoms with Gasteiger partial charge in [0, 0.05) is 37.5 Å². The third-order valence-electron chi connectivity index (χ3n) is 2.96. The lowest BCUT2D eigenvalue weighted by Gasteiger charge is -2.12. The molecule has 4 heteroatoms. The number of nitrogens with one attached hydrogen (secondary N) is 1. The van der Waals surface area contributed by atoms with E-state index in [2.05, 4.69) is 10.3 Å². The van der Waals surface area contributed by atoms with E-state index in [0.717, 1.165) is 31.5 Å². The number of aliphatic hydroxyl groups excluding tert-OH is 1. The van der Waals surface area contributed by atoms with E-state index in [1.54, 1.807) is 12.4 Å². The molecule has 0 amide bonds. The second-order valence-corrected chi connectivity index (χ2v) is 4.64. The highest BCUT2D eigenvalue weighted by Gasteiger charge is 2.41. The topological polar surface area (TPSA) is 45.1 Å².